The highest BCUT2D eigenvalue weighted by molar-refractivity contribution is 6.39. The van der Waals surface area contributed by atoms with E-state index in [0.717, 1.165) is 11.4 Å². The summed E-state index contributed by atoms with van der Waals surface area (Å²) in [5.41, 5.74) is 1.82. The van der Waals surface area contributed by atoms with E-state index in [1.54, 1.807) is 0 Å². The smallest absolute Gasteiger partial charge is 0.0789 e. The molecular formula is C14H12Cl3N. The summed E-state index contributed by atoms with van der Waals surface area (Å²) in [5, 5.41) is 1.24. The normalized spacial score (nSPS) is 10.4. The van der Waals surface area contributed by atoms with Gasteiger partial charge in [-0.15, -0.1) is 11.6 Å². The Morgan fingerprint density at radius 2 is 1.44 bits per heavy atom. The van der Waals surface area contributed by atoms with Crippen molar-refractivity contribution in [2.45, 2.75) is 0 Å². The lowest BCUT2D eigenvalue weighted by Crippen LogP contribution is -2.20. The van der Waals surface area contributed by atoms with Gasteiger partial charge in [-0.05, 0) is 24.3 Å². The predicted molar refractivity (Wildman–Crippen MR) is 80.6 cm³/mol. The van der Waals surface area contributed by atoms with Crippen molar-refractivity contribution >= 4 is 46.2 Å². The SMILES string of the molecule is ClCCN(c1ccccc1)c1c(Cl)cccc1Cl. The first kappa shape index (κ1) is 13.5. The fourth-order valence-corrected chi connectivity index (χ4v) is 2.58. The lowest BCUT2D eigenvalue weighted by Gasteiger charge is -2.26. The van der Waals surface area contributed by atoms with Crippen LogP contribution in [-0.4, -0.2) is 12.4 Å². The first-order valence-corrected chi connectivity index (χ1v) is 6.85. The number of hydrogen-bond acceptors (Lipinski definition) is 1. The average Bonchev–Trinajstić information content (AvgIpc) is 2.38. The Balaban J connectivity index is 2.48. The van der Waals surface area contributed by atoms with Gasteiger partial charge in [-0.2, -0.15) is 0 Å². The number of rotatable bonds is 4. The van der Waals surface area contributed by atoms with E-state index in [2.05, 4.69) is 0 Å². The van der Waals surface area contributed by atoms with Crippen LogP contribution in [0.2, 0.25) is 10.0 Å². The summed E-state index contributed by atoms with van der Waals surface area (Å²) in [6.45, 7) is 0.648. The van der Waals surface area contributed by atoms with E-state index in [0.29, 0.717) is 22.5 Å². The Labute approximate surface area is 122 Å². The third-order valence-corrected chi connectivity index (χ3v) is 3.36. The summed E-state index contributed by atoms with van der Waals surface area (Å²) in [4.78, 5) is 2.03. The Hall–Kier alpha value is -0.890. The number of hydrogen-bond donors (Lipinski definition) is 0. The number of nitrogens with zero attached hydrogens (tertiary/aromatic N) is 1. The molecule has 2 rings (SSSR count). The second kappa shape index (κ2) is 6.33. The monoisotopic (exact) mass is 299 g/mol. The Morgan fingerprint density at radius 1 is 0.833 bits per heavy atom. The Kier molecular flexibility index (Phi) is 4.76. The lowest BCUT2D eigenvalue weighted by atomic mass is 10.2. The molecule has 0 atom stereocenters. The van der Waals surface area contributed by atoms with Gasteiger partial charge in [0.25, 0.3) is 0 Å². The van der Waals surface area contributed by atoms with Crippen LogP contribution in [0.4, 0.5) is 11.4 Å². The molecule has 0 amide bonds. The van der Waals surface area contributed by atoms with Crippen molar-refractivity contribution in [3.05, 3.63) is 58.6 Å². The van der Waals surface area contributed by atoms with Crippen LogP contribution in [0, 0.1) is 0 Å². The molecule has 0 saturated heterocycles. The molecule has 0 heterocycles. The fraction of sp³-hybridized carbons (Fsp3) is 0.143. The number of benzene rings is 2. The first-order valence-electron chi connectivity index (χ1n) is 5.56. The number of halogens is 3. The minimum absolute atomic E-state index is 0.496. The molecule has 0 unspecified atom stereocenters. The van der Waals surface area contributed by atoms with Crippen molar-refractivity contribution in [3.8, 4) is 0 Å². The van der Waals surface area contributed by atoms with Crippen molar-refractivity contribution in [2.24, 2.45) is 0 Å². The minimum Gasteiger partial charge on any atom is -0.338 e. The molecule has 1 nitrogen and oxygen atoms in total. The molecule has 2 aromatic carbocycles. The largest absolute Gasteiger partial charge is 0.338 e. The summed E-state index contributed by atoms with van der Waals surface area (Å²) in [5.74, 6) is 0.496. The quantitative estimate of drug-likeness (QED) is 0.686. The molecule has 0 radical (unpaired) electrons. The van der Waals surface area contributed by atoms with Gasteiger partial charge >= 0.3 is 0 Å². The second-order valence-corrected chi connectivity index (χ2v) is 4.94. The molecule has 0 bridgehead atoms. The summed E-state index contributed by atoms with van der Waals surface area (Å²) in [6.07, 6.45) is 0. The first-order chi connectivity index (χ1) is 8.74. The Bertz CT molecular complexity index is 493. The molecule has 94 valence electrons. The van der Waals surface area contributed by atoms with Gasteiger partial charge in [0.1, 0.15) is 0 Å². The molecule has 0 aliphatic carbocycles. The zero-order valence-electron chi connectivity index (χ0n) is 9.61. The van der Waals surface area contributed by atoms with Crippen LogP contribution in [0.3, 0.4) is 0 Å². The molecule has 0 aromatic heterocycles. The Morgan fingerprint density at radius 3 is 2.00 bits per heavy atom. The van der Waals surface area contributed by atoms with Gasteiger partial charge in [0, 0.05) is 18.1 Å². The van der Waals surface area contributed by atoms with Crippen molar-refractivity contribution in [3.63, 3.8) is 0 Å². The second-order valence-electron chi connectivity index (χ2n) is 3.75. The number of anilines is 2. The van der Waals surface area contributed by atoms with Crippen LogP contribution < -0.4 is 4.90 Å². The topological polar surface area (TPSA) is 3.24 Å². The predicted octanol–water partition coefficient (Wildman–Crippen LogP) is 5.37. The van der Waals surface area contributed by atoms with Gasteiger partial charge < -0.3 is 4.90 Å². The zero-order chi connectivity index (χ0) is 13.0. The van der Waals surface area contributed by atoms with Crippen LogP contribution >= 0.6 is 34.8 Å². The lowest BCUT2D eigenvalue weighted by molar-refractivity contribution is 1.03. The van der Waals surface area contributed by atoms with E-state index in [-0.39, 0.29) is 0 Å². The highest BCUT2D eigenvalue weighted by Crippen LogP contribution is 2.37. The van der Waals surface area contributed by atoms with Gasteiger partial charge in [-0.1, -0.05) is 47.5 Å². The number of para-hydroxylation sites is 2. The van der Waals surface area contributed by atoms with Crippen LogP contribution in [0.25, 0.3) is 0 Å². The van der Waals surface area contributed by atoms with Crippen molar-refractivity contribution in [1.29, 1.82) is 0 Å². The molecule has 0 fully saturated rings. The maximum atomic E-state index is 6.24. The highest BCUT2D eigenvalue weighted by Gasteiger charge is 2.15. The molecule has 18 heavy (non-hydrogen) atoms. The van der Waals surface area contributed by atoms with Gasteiger partial charge in [0.2, 0.25) is 0 Å². The molecular weight excluding hydrogens is 289 g/mol. The van der Waals surface area contributed by atoms with Crippen molar-refractivity contribution in [2.75, 3.05) is 17.3 Å². The third kappa shape index (κ3) is 2.92. The summed E-state index contributed by atoms with van der Waals surface area (Å²) >= 11 is 18.4. The van der Waals surface area contributed by atoms with E-state index in [1.807, 2.05) is 53.4 Å². The van der Waals surface area contributed by atoms with E-state index in [4.69, 9.17) is 34.8 Å². The minimum atomic E-state index is 0.496. The molecule has 0 aliphatic heterocycles. The van der Waals surface area contributed by atoms with E-state index < -0.39 is 0 Å². The van der Waals surface area contributed by atoms with Crippen LogP contribution in [0.5, 0.6) is 0 Å². The zero-order valence-corrected chi connectivity index (χ0v) is 11.9. The van der Waals surface area contributed by atoms with E-state index in [9.17, 15) is 0 Å². The van der Waals surface area contributed by atoms with Crippen molar-refractivity contribution in [1.82, 2.24) is 0 Å². The number of alkyl halides is 1. The van der Waals surface area contributed by atoms with Crippen molar-refractivity contribution < 1.29 is 0 Å². The molecule has 2 aromatic rings. The van der Waals surface area contributed by atoms with Gasteiger partial charge in [-0.25, -0.2) is 0 Å². The summed E-state index contributed by atoms with van der Waals surface area (Å²) < 4.78 is 0. The third-order valence-electron chi connectivity index (χ3n) is 2.58. The van der Waals surface area contributed by atoms with E-state index >= 15 is 0 Å². The summed E-state index contributed by atoms with van der Waals surface area (Å²) in [7, 11) is 0. The van der Waals surface area contributed by atoms with E-state index in [1.165, 1.54) is 0 Å². The van der Waals surface area contributed by atoms with Crippen LogP contribution in [0.1, 0.15) is 0 Å². The molecule has 4 heteroatoms. The molecule has 0 aliphatic rings. The summed E-state index contributed by atoms with van der Waals surface area (Å²) in [6, 6.07) is 15.4. The maximum absolute atomic E-state index is 6.24. The molecule has 0 N–H and O–H groups in total. The highest BCUT2D eigenvalue weighted by atomic mass is 35.5. The average molecular weight is 301 g/mol. The van der Waals surface area contributed by atoms with Gasteiger partial charge in [0.15, 0.2) is 0 Å². The van der Waals surface area contributed by atoms with Crippen LogP contribution in [0.15, 0.2) is 48.5 Å². The van der Waals surface area contributed by atoms with Gasteiger partial charge in [0.05, 0.1) is 15.7 Å². The standard InChI is InChI=1S/C14H12Cl3N/c15-9-10-18(11-5-2-1-3-6-11)14-12(16)7-4-8-13(14)17/h1-8H,9-10H2. The molecule has 0 saturated carbocycles. The fourth-order valence-electron chi connectivity index (χ4n) is 1.81. The van der Waals surface area contributed by atoms with Crippen LogP contribution in [-0.2, 0) is 0 Å². The maximum Gasteiger partial charge on any atom is 0.0789 e. The molecule has 0 spiro atoms. The van der Waals surface area contributed by atoms with Gasteiger partial charge in [-0.3, -0.25) is 0 Å².